The number of rotatable bonds is 7. The largest absolute Gasteiger partial charge is 0.481 e. The molecule has 0 spiro atoms. The fourth-order valence-corrected chi connectivity index (χ4v) is 4.03. The molecule has 3 rings (SSSR count). The Kier molecular flexibility index (Phi) is 9.26. The average molecular weight is 458 g/mol. The standard InChI is InChI=1S/C24H30FN3O3.C2H6/c1-16-6-10-18(11-7-16)26-23(31)27-19-15-17(9-13-22(29)30)8-12-20(19)28-14-4-5-21(28)24(2,3)25;1-2/h6-8,10-12,15,21H,4-5,9,13-14H2,1-3H3,(H,29,30)(H2,26,27,31);1-2H3. The van der Waals surface area contributed by atoms with Crippen LogP contribution < -0.4 is 15.5 Å². The number of halogens is 1. The Morgan fingerprint density at radius 1 is 1.12 bits per heavy atom. The summed E-state index contributed by atoms with van der Waals surface area (Å²) < 4.78 is 14.8. The third-order valence-electron chi connectivity index (χ3n) is 5.60. The zero-order valence-electron chi connectivity index (χ0n) is 20.2. The number of aryl methyl sites for hydroxylation is 2. The molecule has 0 aromatic heterocycles. The van der Waals surface area contributed by atoms with Crippen LogP contribution in [0.1, 0.15) is 58.1 Å². The monoisotopic (exact) mass is 457 g/mol. The summed E-state index contributed by atoms with van der Waals surface area (Å²) in [5.74, 6) is -0.880. The smallest absolute Gasteiger partial charge is 0.323 e. The first-order chi connectivity index (χ1) is 15.6. The Labute approximate surface area is 196 Å². The van der Waals surface area contributed by atoms with Crippen LogP contribution in [0.4, 0.5) is 26.2 Å². The van der Waals surface area contributed by atoms with Crippen molar-refractivity contribution in [3.63, 3.8) is 0 Å². The van der Waals surface area contributed by atoms with Crippen LogP contribution in [-0.2, 0) is 11.2 Å². The number of carboxylic acids is 1. The molecule has 3 N–H and O–H groups in total. The topological polar surface area (TPSA) is 81.7 Å². The summed E-state index contributed by atoms with van der Waals surface area (Å²) in [4.78, 5) is 25.6. The fourth-order valence-electron chi connectivity index (χ4n) is 4.03. The minimum Gasteiger partial charge on any atom is -0.481 e. The zero-order valence-corrected chi connectivity index (χ0v) is 20.2. The van der Waals surface area contributed by atoms with Gasteiger partial charge < -0.3 is 20.6 Å². The third-order valence-corrected chi connectivity index (χ3v) is 5.60. The van der Waals surface area contributed by atoms with Crippen LogP contribution in [0.3, 0.4) is 0 Å². The summed E-state index contributed by atoms with van der Waals surface area (Å²) in [7, 11) is 0. The van der Waals surface area contributed by atoms with Gasteiger partial charge in [-0.05, 0) is 69.9 Å². The Morgan fingerprint density at radius 2 is 1.79 bits per heavy atom. The highest BCUT2D eigenvalue weighted by molar-refractivity contribution is 6.02. The molecule has 1 fully saturated rings. The summed E-state index contributed by atoms with van der Waals surface area (Å²) in [6, 6.07) is 12.2. The van der Waals surface area contributed by atoms with Gasteiger partial charge in [0.15, 0.2) is 0 Å². The molecule has 1 atom stereocenters. The third kappa shape index (κ3) is 7.48. The molecular formula is C26H36FN3O3. The van der Waals surface area contributed by atoms with Crippen molar-refractivity contribution in [3.05, 3.63) is 53.6 Å². The van der Waals surface area contributed by atoms with Gasteiger partial charge in [-0.15, -0.1) is 0 Å². The van der Waals surface area contributed by atoms with E-state index in [0.717, 1.165) is 29.7 Å². The van der Waals surface area contributed by atoms with Gasteiger partial charge in [-0.2, -0.15) is 0 Å². The highest BCUT2D eigenvalue weighted by Gasteiger charge is 2.38. The van der Waals surface area contributed by atoms with Crippen molar-refractivity contribution in [1.82, 2.24) is 0 Å². The van der Waals surface area contributed by atoms with Crippen LogP contribution in [0.25, 0.3) is 0 Å². The van der Waals surface area contributed by atoms with Crippen molar-refractivity contribution < 1.29 is 19.1 Å². The van der Waals surface area contributed by atoms with E-state index in [2.05, 4.69) is 10.6 Å². The predicted molar refractivity (Wildman–Crippen MR) is 133 cm³/mol. The second-order valence-corrected chi connectivity index (χ2v) is 8.61. The average Bonchev–Trinajstić information content (AvgIpc) is 3.26. The normalized spacial score (nSPS) is 15.5. The quantitative estimate of drug-likeness (QED) is 0.449. The van der Waals surface area contributed by atoms with Crippen LogP contribution in [0, 0.1) is 6.92 Å². The second-order valence-electron chi connectivity index (χ2n) is 8.61. The molecule has 0 radical (unpaired) electrons. The molecule has 7 heteroatoms. The summed E-state index contributed by atoms with van der Waals surface area (Å²) in [6.45, 7) is 9.82. The maximum atomic E-state index is 14.8. The number of alkyl halides is 1. The van der Waals surface area contributed by atoms with E-state index in [1.165, 1.54) is 0 Å². The molecule has 1 heterocycles. The highest BCUT2D eigenvalue weighted by Crippen LogP contribution is 2.38. The molecule has 33 heavy (non-hydrogen) atoms. The molecular weight excluding hydrogens is 421 g/mol. The van der Waals surface area contributed by atoms with Gasteiger partial charge in [0.05, 0.1) is 17.4 Å². The number of nitrogens with one attached hydrogen (secondary N) is 2. The van der Waals surface area contributed by atoms with E-state index in [1.54, 1.807) is 19.9 Å². The lowest BCUT2D eigenvalue weighted by atomic mass is 9.97. The molecule has 1 unspecified atom stereocenters. The first kappa shape index (κ1) is 26.2. The van der Waals surface area contributed by atoms with Crippen molar-refractivity contribution in [2.75, 3.05) is 22.1 Å². The van der Waals surface area contributed by atoms with E-state index in [0.29, 0.717) is 24.3 Å². The Balaban J connectivity index is 0.00000187. The van der Waals surface area contributed by atoms with Crippen molar-refractivity contribution in [2.24, 2.45) is 0 Å². The molecule has 2 aromatic carbocycles. The number of carbonyl (C=O) groups is 2. The minimum atomic E-state index is -1.39. The van der Waals surface area contributed by atoms with Crippen LogP contribution in [0.2, 0.25) is 0 Å². The number of hydrogen-bond acceptors (Lipinski definition) is 3. The lowest BCUT2D eigenvalue weighted by molar-refractivity contribution is -0.136. The number of aliphatic carboxylic acids is 1. The summed E-state index contributed by atoms with van der Waals surface area (Å²) >= 11 is 0. The molecule has 180 valence electrons. The molecule has 1 aliphatic rings. The predicted octanol–water partition coefficient (Wildman–Crippen LogP) is 6.40. The number of carboxylic acid groups (broad SMARTS) is 1. The zero-order chi connectivity index (χ0) is 24.6. The van der Waals surface area contributed by atoms with E-state index >= 15 is 0 Å². The SMILES string of the molecule is CC.Cc1ccc(NC(=O)Nc2cc(CCC(=O)O)ccc2N2CCCC2C(C)(C)F)cc1. The molecule has 1 saturated heterocycles. The van der Waals surface area contributed by atoms with Gasteiger partial charge in [0, 0.05) is 18.7 Å². The van der Waals surface area contributed by atoms with Gasteiger partial charge in [0.25, 0.3) is 0 Å². The number of anilines is 3. The van der Waals surface area contributed by atoms with Gasteiger partial charge in [-0.3, -0.25) is 4.79 Å². The van der Waals surface area contributed by atoms with Crippen LogP contribution >= 0.6 is 0 Å². The van der Waals surface area contributed by atoms with Gasteiger partial charge in [-0.25, -0.2) is 9.18 Å². The van der Waals surface area contributed by atoms with Crippen molar-refractivity contribution >= 4 is 29.1 Å². The van der Waals surface area contributed by atoms with E-state index in [4.69, 9.17) is 5.11 Å². The first-order valence-electron chi connectivity index (χ1n) is 11.6. The van der Waals surface area contributed by atoms with Crippen molar-refractivity contribution in [2.45, 2.75) is 72.0 Å². The van der Waals surface area contributed by atoms with E-state index in [1.807, 2.05) is 62.1 Å². The highest BCUT2D eigenvalue weighted by atomic mass is 19.1. The molecule has 0 aliphatic carbocycles. The Bertz CT molecular complexity index is 939. The van der Waals surface area contributed by atoms with Gasteiger partial charge in [0.1, 0.15) is 5.67 Å². The van der Waals surface area contributed by atoms with Crippen molar-refractivity contribution in [3.8, 4) is 0 Å². The number of amides is 2. The summed E-state index contributed by atoms with van der Waals surface area (Å²) in [6.07, 6.45) is 1.95. The molecule has 0 saturated carbocycles. The number of urea groups is 1. The van der Waals surface area contributed by atoms with Crippen LogP contribution in [0.15, 0.2) is 42.5 Å². The van der Waals surface area contributed by atoms with Gasteiger partial charge in [-0.1, -0.05) is 37.6 Å². The summed E-state index contributed by atoms with van der Waals surface area (Å²) in [5.41, 5.74) is 2.45. The number of carbonyl (C=O) groups excluding carboxylic acids is 1. The van der Waals surface area contributed by atoms with Crippen LogP contribution in [-0.4, -0.2) is 35.4 Å². The van der Waals surface area contributed by atoms with E-state index < -0.39 is 17.7 Å². The lowest BCUT2D eigenvalue weighted by Crippen LogP contribution is -2.43. The number of benzene rings is 2. The maximum absolute atomic E-state index is 14.8. The molecule has 6 nitrogen and oxygen atoms in total. The van der Waals surface area contributed by atoms with Gasteiger partial charge >= 0.3 is 12.0 Å². The number of nitrogens with zero attached hydrogens (tertiary/aromatic N) is 1. The van der Waals surface area contributed by atoms with Gasteiger partial charge in [0.2, 0.25) is 0 Å². The van der Waals surface area contributed by atoms with E-state index in [-0.39, 0.29) is 12.5 Å². The lowest BCUT2D eigenvalue weighted by Gasteiger charge is -2.35. The maximum Gasteiger partial charge on any atom is 0.323 e. The van der Waals surface area contributed by atoms with Crippen molar-refractivity contribution in [1.29, 1.82) is 0 Å². The molecule has 1 aliphatic heterocycles. The molecule has 2 amide bonds. The minimum absolute atomic E-state index is 0.00179. The summed E-state index contributed by atoms with van der Waals surface area (Å²) in [5, 5.41) is 14.7. The second kappa shape index (κ2) is 11.7. The molecule has 0 bridgehead atoms. The molecule has 2 aromatic rings. The Hall–Kier alpha value is -3.09. The first-order valence-corrected chi connectivity index (χ1v) is 11.6. The van der Waals surface area contributed by atoms with E-state index in [9.17, 15) is 14.0 Å². The fraction of sp³-hybridized carbons (Fsp3) is 0.462. The van der Waals surface area contributed by atoms with Crippen LogP contribution in [0.5, 0.6) is 0 Å². The number of hydrogen-bond donors (Lipinski definition) is 3. The Morgan fingerprint density at radius 3 is 2.39 bits per heavy atom.